The zero-order valence-corrected chi connectivity index (χ0v) is 10.8. The number of thiazole rings is 1. The Balaban J connectivity index is 1.66. The Kier molecular flexibility index (Phi) is 4.75. The molecule has 0 unspecified atom stereocenters. The van der Waals surface area contributed by atoms with Crippen LogP contribution in [0.2, 0.25) is 0 Å². The van der Waals surface area contributed by atoms with Gasteiger partial charge in [0.25, 0.3) is 0 Å². The van der Waals surface area contributed by atoms with Crippen LogP contribution >= 0.6 is 11.3 Å². The van der Waals surface area contributed by atoms with E-state index < -0.39 is 0 Å². The van der Waals surface area contributed by atoms with Gasteiger partial charge in [-0.25, -0.2) is 4.98 Å². The Morgan fingerprint density at radius 2 is 2.31 bits per heavy atom. The van der Waals surface area contributed by atoms with Crippen molar-refractivity contribution in [2.24, 2.45) is 5.92 Å². The van der Waals surface area contributed by atoms with Crippen LogP contribution in [0, 0.1) is 5.92 Å². The predicted octanol–water partition coefficient (Wildman–Crippen LogP) is 1.79. The molecule has 0 atom stereocenters. The van der Waals surface area contributed by atoms with Crippen molar-refractivity contribution < 1.29 is 0 Å². The van der Waals surface area contributed by atoms with Crippen molar-refractivity contribution in [3.8, 4) is 0 Å². The molecular weight excluding hydrogens is 218 g/mol. The summed E-state index contributed by atoms with van der Waals surface area (Å²) in [5.74, 6) is 0.854. The summed E-state index contributed by atoms with van der Waals surface area (Å²) >= 11 is 1.83. The monoisotopic (exact) mass is 239 g/mol. The normalized spacial score (nSPS) is 17.8. The third-order valence-electron chi connectivity index (χ3n) is 3.12. The van der Waals surface area contributed by atoms with Crippen LogP contribution in [0.25, 0.3) is 0 Å². The second-order valence-electron chi connectivity index (χ2n) is 4.40. The molecular formula is C12H21N3S. The molecule has 1 aromatic heterocycles. The molecule has 1 aliphatic heterocycles. The summed E-state index contributed by atoms with van der Waals surface area (Å²) in [5.41, 5.74) is 0. The van der Waals surface area contributed by atoms with E-state index in [1.165, 1.54) is 35.8 Å². The lowest BCUT2D eigenvalue weighted by atomic mass is 9.98. The zero-order valence-electron chi connectivity index (χ0n) is 9.96. The Bertz CT molecular complexity index is 305. The lowest BCUT2D eigenvalue weighted by Crippen LogP contribution is -2.33. The molecule has 2 N–H and O–H groups in total. The van der Waals surface area contributed by atoms with Crippen molar-refractivity contribution >= 4 is 11.3 Å². The molecule has 0 spiro atoms. The highest BCUT2D eigenvalue weighted by atomic mass is 32.1. The molecule has 1 fully saturated rings. The van der Waals surface area contributed by atoms with Gasteiger partial charge in [0, 0.05) is 17.6 Å². The average Bonchev–Trinajstić information content (AvgIpc) is 2.78. The Morgan fingerprint density at radius 3 is 3.00 bits per heavy atom. The molecule has 1 aromatic rings. The van der Waals surface area contributed by atoms with Crippen molar-refractivity contribution in [2.45, 2.75) is 32.7 Å². The molecule has 16 heavy (non-hydrogen) atoms. The number of nitrogens with one attached hydrogen (secondary N) is 2. The first-order chi connectivity index (χ1) is 7.88. The van der Waals surface area contributed by atoms with Crippen molar-refractivity contribution in [2.75, 3.05) is 19.6 Å². The molecule has 1 aliphatic rings. The van der Waals surface area contributed by atoms with Crippen molar-refractivity contribution in [3.05, 3.63) is 16.1 Å². The van der Waals surface area contributed by atoms with Crippen molar-refractivity contribution in [1.82, 2.24) is 15.6 Å². The molecule has 0 aromatic carbocycles. The smallest absolute Gasteiger partial charge is 0.107 e. The van der Waals surface area contributed by atoms with Crippen LogP contribution in [-0.4, -0.2) is 24.6 Å². The summed E-state index contributed by atoms with van der Waals surface area (Å²) in [6.45, 7) is 6.63. The third-order valence-corrected chi connectivity index (χ3v) is 4.26. The summed E-state index contributed by atoms with van der Waals surface area (Å²) in [5, 5.41) is 8.15. The number of piperidine rings is 1. The summed E-state index contributed by atoms with van der Waals surface area (Å²) in [6.07, 6.45) is 5.73. The highest BCUT2D eigenvalue weighted by molar-refractivity contribution is 7.11. The predicted molar refractivity (Wildman–Crippen MR) is 68.8 cm³/mol. The van der Waals surface area contributed by atoms with E-state index in [0.717, 1.165) is 25.4 Å². The average molecular weight is 239 g/mol. The lowest BCUT2D eigenvalue weighted by Gasteiger charge is -2.22. The maximum absolute atomic E-state index is 4.41. The van der Waals surface area contributed by atoms with Gasteiger partial charge in [-0.3, -0.25) is 0 Å². The van der Waals surface area contributed by atoms with E-state index in [1.54, 1.807) is 0 Å². The van der Waals surface area contributed by atoms with Crippen LogP contribution < -0.4 is 10.6 Å². The topological polar surface area (TPSA) is 37.0 Å². The van der Waals surface area contributed by atoms with Crippen LogP contribution in [0.5, 0.6) is 0 Å². The molecule has 4 heteroatoms. The highest BCUT2D eigenvalue weighted by Gasteiger charge is 2.12. The molecule has 1 saturated heterocycles. The largest absolute Gasteiger partial charge is 0.317 e. The molecule has 2 rings (SSSR count). The molecule has 2 heterocycles. The van der Waals surface area contributed by atoms with Gasteiger partial charge in [0.1, 0.15) is 5.01 Å². The molecule has 0 radical (unpaired) electrons. The molecule has 0 aliphatic carbocycles. The van der Waals surface area contributed by atoms with E-state index in [4.69, 9.17) is 0 Å². The first kappa shape index (κ1) is 12.0. The summed E-state index contributed by atoms with van der Waals surface area (Å²) in [7, 11) is 0. The lowest BCUT2D eigenvalue weighted by molar-refractivity contribution is 0.356. The second kappa shape index (κ2) is 6.33. The van der Waals surface area contributed by atoms with Crippen LogP contribution in [-0.2, 0) is 13.0 Å². The summed E-state index contributed by atoms with van der Waals surface area (Å²) in [4.78, 5) is 5.80. The first-order valence-corrected chi connectivity index (χ1v) is 7.05. The SMILES string of the molecule is CCc1cnc(CNCC2CCNCC2)s1. The van der Waals surface area contributed by atoms with Gasteiger partial charge < -0.3 is 10.6 Å². The molecule has 90 valence electrons. The quantitative estimate of drug-likeness (QED) is 0.822. The minimum atomic E-state index is 0.854. The van der Waals surface area contributed by atoms with Gasteiger partial charge in [0.2, 0.25) is 0 Å². The van der Waals surface area contributed by atoms with Crippen LogP contribution in [0.1, 0.15) is 29.7 Å². The maximum Gasteiger partial charge on any atom is 0.107 e. The van der Waals surface area contributed by atoms with Crippen molar-refractivity contribution in [3.63, 3.8) is 0 Å². The molecule has 0 amide bonds. The van der Waals surface area contributed by atoms with Gasteiger partial charge in [-0.05, 0) is 44.8 Å². The summed E-state index contributed by atoms with van der Waals surface area (Å²) < 4.78 is 0. The number of rotatable bonds is 5. The minimum absolute atomic E-state index is 0.854. The van der Waals surface area contributed by atoms with E-state index in [2.05, 4.69) is 22.5 Å². The Labute approximate surface area is 102 Å². The number of hydrogen-bond acceptors (Lipinski definition) is 4. The van der Waals surface area contributed by atoms with Gasteiger partial charge in [0.15, 0.2) is 0 Å². The Hall–Kier alpha value is -0.450. The molecule has 3 nitrogen and oxygen atoms in total. The van der Waals surface area contributed by atoms with E-state index in [1.807, 2.05) is 17.5 Å². The van der Waals surface area contributed by atoms with Crippen LogP contribution in [0.3, 0.4) is 0 Å². The number of aromatic nitrogens is 1. The van der Waals surface area contributed by atoms with Crippen LogP contribution in [0.15, 0.2) is 6.20 Å². The standard InChI is InChI=1S/C12H21N3S/c1-2-11-8-15-12(16-11)9-14-7-10-3-5-13-6-4-10/h8,10,13-14H,2-7,9H2,1H3. The van der Waals surface area contributed by atoms with E-state index in [-0.39, 0.29) is 0 Å². The minimum Gasteiger partial charge on any atom is -0.317 e. The van der Waals surface area contributed by atoms with E-state index >= 15 is 0 Å². The number of nitrogens with zero attached hydrogens (tertiary/aromatic N) is 1. The van der Waals surface area contributed by atoms with Crippen molar-refractivity contribution in [1.29, 1.82) is 0 Å². The fourth-order valence-electron chi connectivity index (χ4n) is 2.06. The highest BCUT2D eigenvalue weighted by Crippen LogP contribution is 2.14. The molecule has 0 saturated carbocycles. The van der Waals surface area contributed by atoms with Gasteiger partial charge in [0.05, 0.1) is 0 Å². The van der Waals surface area contributed by atoms with E-state index in [0.29, 0.717) is 0 Å². The molecule has 0 bridgehead atoms. The first-order valence-electron chi connectivity index (χ1n) is 6.23. The fourth-order valence-corrected chi connectivity index (χ4v) is 2.89. The van der Waals surface area contributed by atoms with Gasteiger partial charge in [-0.2, -0.15) is 0 Å². The number of aryl methyl sites for hydroxylation is 1. The van der Waals surface area contributed by atoms with Gasteiger partial charge in [-0.15, -0.1) is 11.3 Å². The fraction of sp³-hybridized carbons (Fsp3) is 0.750. The summed E-state index contributed by atoms with van der Waals surface area (Å²) in [6, 6.07) is 0. The van der Waals surface area contributed by atoms with Crippen LogP contribution in [0.4, 0.5) is 0 Å². The maximum atomic E-state index is 4.41. The van der Waals surface area contributed by atoms with E-state index in [9.17, 15) is 0 Å². The second-order valence-corrected chi connectivity index (χ2v) is 5.60. The third kappa shape index (κ3) is 3.54. The number of hydrogen-bond donors (Lipinski definition) is 2. The zero-order chi connectivity index (χ0) is 11.2. The Morgan fingerprint density at radius 1 is 1.50 bits per heavy atom. The van der Waals surface area contributed by atoms with Gasteiger partial charge in [-0.1, -0.05) is 6.92 Å². The van der Waals surface area contributed by atoms with Gasteiger partial charge >= 0.3 is 0 Å².